The molecule has 0 aliphatic carbocycles. The van der Waals surface area contributed by atoms with E-state index in [4.69, 9.17) is 11.6 Å². The van der Waals surface area contributed by atoms with Crippen LogP contribution in [0.4, 0.5) is 4.39 Å². The van der Waals surface area contributed by atoms with Crippen molar-refractivity contribution in [1.82, 2.24) is 0 Å². The number of carbonyl (C=O) groups excluding carboxylic acids is 1. The zero-order valence-corrected chi connectivity index (χ0v) is 7.09. The minimum atomic E-state index is -1.28. The first-order valence-corrected chi connectivity index (χ1v) is 3.95. The van der Waals surface area contributed by atoms with E-state index in [1.165, 1.54) is 0 Å². The van der Waals surface area contributed by atoms with E-state index in [0.717, 1.165) is 0 Å². The average Bonchev–Trinajstić information content (AvgIpc) is 2.05. The molecule has 0 saturated carbocycles. The number of halogens is 2. The summed E-state index contributed by atoms with van der Waals surface area (Å²) in [4.78, 5) is 10.4. The number of hydrogen-bond donors (Lipinski definition) is 0. The number of benzene rings is 1. The third kappa shape index (κ3) is 2.62. The van der Waals surface area contributed by atoms with Crippen LogP contribution in [0.25, 0.3) is 0 Å². The molecule has 0 aliphatic heterocycles. The maximum Gasteiger partial charge on any atom is 0.224 e. The van der Waals surface area contributed by atoms with Gasteiger partial charge in [0.15, 0.2) is 0 Å². The smallest absolute Gasteiger partial charge is 0.224 e. The lowest BCUT2D eigenvalue weighted by Crippen LogP contribution is -1.96. The lowest BCUT2D eigenvalue weighted by molar-refractivity contribution is -0.112. The van der Waals surface area contributed by atoms with E-state index in [1.807, 2.05) is 0 Å². The van der Waals surface area contributed by atoms with E-state index >= 15 is 0 Å². The molecule has 1 aromatic rings. The van der Waals surface area contributed by atoms with Crippen LogP contribution < -0.4 is 0 Å². The summed E-state index contributed by atoms with van der Waals surface area (Å²) in [6, 6.07) is 8.50. The predicted molar refractivity (Wildman–Crippen MR) is 45.8 cm³/mol. The van der Waals surface area contributed by atoms with Crippen molar-refractivity contribution >= 4 is 16.8 Å². The van der Waals surface area contributed by atoms with Crippen molar-refractivity contribution in [3.05, 3.63) is 35.9 Å². The quantitative estimate of drug-likeness (QED) is 0.664. The molecule has 0 amide bonds. The molecule has 0 N–H and O–H groups in total. The van der Waals surface area contributed by atoms with Crippen molar-refractivity contribution in [3.8, 4) is 0 Å². The van der Waals surface area contributed by atoms with Crippen LogP contribution in [-0.4, -0.2) is 5.24 Å². The number of hydrogen-bond acceptors (Lipinski definition) is 1. The second-order valence-corrected chi connectivity index (χ2v) is 2.86. The molecule has 0 bridgehead atoms. The fraction of sp³-hybridized carbons (Fsp3) is 0.222. The van der Waals surface area contributed by atoms with Gasteiger partial charge in [-0.1, -0.05) is 30.3 Å². The molecule has 1 atom stereocenters. The Morgan fingerprint density at radius 3 is 2.50 bits per heavy atom. The lowest BCUT2D eigenvalue weighted by Gasteiger charge is -2.03. The van der Waals surface area contributed by atoms with E-state index in [0.29, 0.717) is 5.56 Å². The third-order valence-corrected chi connectivity index (χ3v) is 1.66. The summed E-state index contributed by atoms with van der Waals surface area (Å²) >= 11 is 5.04. The van der Waals surface area contributed by atoms with Crippen LogP contribution in [0.3, 0.4) is 0 Å². The maximum atomic E-state index is 13.1. The molecule has 0 saturated heterocycles. The van der Waals surface area contributed by atoms with Crippen LogP contribution in [0.2, 0.25) is 0 Å². The average molecular weight is 187 g/mol. The second-order valence-electron chi connectivity index (χ2n) is 2.44. The van der Waals surface area contributed by atoms with Gasteiger partial charge in [-0.25, -0.2) is 4.39 Å². The molecule has 1 unspecified atom stereocenters. The monoisotopic (exact) mass is 186 g/mol. The van der Waals surface area contributed by atoms with Gasteiger partial charge in [0.25, 0.3) is 0 Å². The molecule has 1 aromatic carbocycles. The van der Waals surface area contributed by atoms with Gasteiger partial charge in [0.05, 0.1) is 6.42 Å². The first-order valence-electron chi connectivity index (χ1n) is 3.57. The van der Waals surface area contributed by atoms with E-state index in [1.54, 1.807) is 30.3 Å². The van der Waals surface area contributed by atoms with Crippen molar-refractivity contribution in [2.24, 2.45) is 0 Å². The summed E-state index contributed by atoms with van der Waals surface area (Å²) in [7, 11) is 0. The Morgan fingerprint density at radius 1 is 1.42 bits per heavy atom. The normalized spacial score (nSPS) is 12.5. The molecular weight excluding hydrogens is 179 g/mol. The van der Waals surface area contributed by atoms with Crippen molar-refractivity contribution in [1.29, 1.82) is 0 Å². The highest BCUT2D eigenvalue weighted by Crippen LogP contribution is 2.21. The summed E-state index contributed by atoms with van der Waals surface area (Å²) in [5.41, 5.74) is 0.492. The summed E-state index contributed by atoms with van der Waals surface area (Å²) in [5, 5.41) is -0.647. The molecule has 1 nitrogen and oxygen atoms in total. The standard InChI is InChI=1S/C9H8ClFO/c10-9(12)6-8(11)7-4-2-1-3-5-7/h1-5,8H,6H2. The van der Waals surface area contributed by atoms with Crippen LogP contribution in [0.15, 0.2) is 30.3 Å². The fourth-order valence-electron chi connectivity index (χ4n) is 0.921. The number of rotatable bonds is 3. The van der Waals surface area contributed by atoms with Crippen molar-refractivity contribution in [2.75, 3.05) is 0 Å². The van der Waals surface area contributed by atoms with E-state index < -0.39 is 11.4 Å². The van der Waals surface area contributed by atoms with E-state index in [2.05, 4.69) is 0 Å². The highest BCUT2D eigenvalue weighted by molar-refractivity contribution is 6.63. The minimum Gasteiger partial charge on any atom is -0.281 e. The Hall–Kier alpha value is -0.890. The number of carbonyl (C=O) groups is 1. The summed E-state index contributed by atoms with van der Waals surface area (Å²) in [6.07, 6.45) is -1.54. The van der Waals surface area contributed by atoms with Gasteiger partial charge in [-0.3, -0.25) is 4.79 Å². The Balaban J connectivity index is 2.65. The molecule has 0 spiro atoms. The molecule has 1 rings (SSSR count). The van der Waals surface area contributed by atoms with E-state index in [9.17, 15) is 9.18 Å². The molecule has 0 heterocycles. The summed E-state index contributed by atoms with van der Waals surface area (Å²) < 4.78 is 13.1. The topological polar surface area (TPSA) is 17.1 Å². The van der Waals surface area contributed by atoms with Gasteiger partial charge in [-0.2, -0.15) is 0 Å². The van der Waals surface area contributed by atoms with Crippen molar-refractivity contribution in [2.45, 2.75) is 12.6 Å². The lowest BCUT2D eigenvalue weighted by atomic mass is 10.1. The van der Waals surface area contributed by atoms with Gasteiger partial charge in [-0.15, -0.1) is 0 Å². The Kier molecular flexibility index (Phi) is 3.23. The zero-order chi connectivity index (χ0) is 8.97. The second kappa shape index (κ2) is 4.21. The van der Waals surface area contributed by atoms with Gasteiger partial charge in [0, 0.05) is 0 Å². The molecule has 0 radical (unpaired) electrons. The van der Waals surface area contributed by atoms with Gasteiger partial charge in [-0.05, 0) is 17.2 Å². The van der Waals surface area contributed by atoms with Crippen LogP contribution in [0.1, 0.15) is 18.2 Å². The van der Waals surface area contributed by atoms with E-state index in [-0.39, 0.29) is 6.42 Å². The molecule has 12 heavy (non-hydrogen) atoms. The summed E-state index contributed by atoms with van der Waals surface area (Å²) in [6.45, 7) is 0. The first-order chi connectivity index (χ1) is 5.70. The number of alkyl halides is 1. The Bertz CT molecular complexity index is 260. The van der Waals surface area contributed by atoms with Gasteiger partial charge >= 0.3 is 0 Å². The molecular formula is C9H8ClFO. The van der Waals surface area contributed by atoms with Crippen LogP contribution in [0, 0.1) is 0 Å². The van der Waals surface area contributed by atoms with Gasteiger partial charge < -0.3 is 0 Å². The van der Waals surface area contributed by atoms with Gasteiger partial charge in [0.2, 0.25) is 5.24 Å². The molecule has 0 aliphatic rings. The molecule has 3 heteroatoms. The van der Waals surface area contributed by atoms with Crippen molar-refractivity contribution < 1.29 is 9.18 Å². The zero-order valence-electron chi connectivity index (χ0n) is 6.34. The van der Waals surface area contributed by atoms with Crippen LogP contribution >= 0.6 is 11.6 Å². The first kappa shape index (κ1) is 9.20. The fourth-order valence-corrected chi connectivity index (χ4v) is 1.06. The largest absolute Gasteiger partial charge is 0.281 e. The van der Waals surface area contributed by atoms with Crippen LogP contribution in [-0.2, 0) is 4.79 Å². The predicted octanol–water partition coefficient (Wildman–Crippen LogP) is 2.85. The summed E-state index contributed by atoms with van der Waals surface area (Å²) in [5.74, 6) is 0. The maximum absolute atomic E-state index is 13.1. The Labute approximate surface area is 75.2 Å². The van der Waals surface area contributed by atoms with Gasteiger partial charge in [0.1, 0.15) is 6.17 Å². The minimum absolute atomic E-state index is 0.258. The SMILES string of the molecule is O=C(Cl)CC(F)c1ccccc1. The highest BCUT2D eigenvalue weighted by Gasteiger charge is 2.12. The highest BCUT2D eigenvalue weighted by atomic mass is 35.5. The molecule has 0 fully saturated rings. The third-order valence-electron chi connectivity index (χ3n) is 1.50. The molecule has 64 valence electrons. The molecule has 0 aromatic heterocycles. The van der Waals surface area contributed by atoms with Crippen molar-refractivity contribution in [3.63, 3.8) is 0 Å². The van der Waals surface area contributed by atoms with Crippen LogP contribution in [0.5, 0.6) is 0 Å². The Morgan fingerprint density at radius 2 is 2.00 bits per heavy atom.